The zero-order valence-corrected chi connectivity index (χ0v) is 15.8. The molecule has 0 amide bonds. The molecular formula is C20H16N6OS. The van der Waals surface area contributed by atoms with Crippen LogP contribution in [0.5, 0.6) is 0 Å². The van der Waals surface area contributed by atoms with Gasteiger partial charge in [-0.2, -0.15) is 4.52 Å². The Morgan fingerprint density at radius 3 is 2.43 bits per heavy atom. The van der Waals surface area contributed by atoms with Gasteiger partial charge in [0.05, 0.1) is 12.1 Å². The first-order valence-electron chi connectivity index (χ1n) is 8.73. The number of aromatic nitrogens is 6. The minimum atomic E-state index is -1.05. The van der Waals surface area contributed by atoms with Crippen LogP contribution in [0, 0.1) is 0 Å². The molecule has 1 unspecified atom stereocenters. The predicted molar refractivity (Wildman–Crippen MR) is 109 cm³/mol. The van der Waals surface area contributed by atoms with Crippen LogP contribution in [0.4, 0.5) is 0 Å². The van der Waals surface area contributed by atoms with E-state index in [0.29, 0.717) is 28.5 Å². The smallest absolute Gasteiger partial charge is 0.185 e. The normalized spacial score (nSPS) is 12.6. The summed E-state index contributed by atoms with van der Waals surface area (Å²) in [5.41, 5.74) is 5.09. The van der Waals surface area contributed by atoms with Crippen LogP contribution < -0.4 is 0 Å². The first-order valence-corrected chi connectivity index (χ1v) is 10.5. The number of hydrogen-bond acceptors (Lipinski definition) is 5. The van der Waals surface area contributed by atoms with Gasteiger partial charge in [0.15, 0.2) is 17.1 Å². The SMILES string of the molecule is CS(=O)Cc1nc2nc[nH]c2c2nc(-c3ccc(-c4ccccc4)cc3)nn12. The predicted octanol–water partition coefficient (Wildman–Crippen LogP) is 3.21. The molecule has 1 N–H and O–H groups in total. The lowest BCUT2D eigenvalue weighted by Crippen LogP contribution is -2.06. The molecule has 138 valence electrons. The van der Waals surface area contributed by atoms with Crippen molar-refractivity contribution in [1.29, 1.82) is 0 Å². The molecule has 5 rings (SSSR count). The highest BCUT2D eigenvalue weighted by Crippen LogP contribution is 2.25. The molecule has 0 bridgehead atoms. The zero-order valence-electron chi connectivity index (χ0n) is 15.0. The number of aromatic amines is 1. The lowest BCUT2D eigenvalue weighted by molar-refractivity contribution is 0.684. The van der Waals surface area contributed by atoms with Gasteiger partial charge in [0.1, 0.15) is 11.3 Å². The Balaban J connectivity index is 1.62. The molecule has 0 fully saturated rings. The lowest BCUT2D eigenvalue weighted by atomic mass is 10.0. The minimum absolute atomic E-state index is 0.287. The van der Waals surface area contributed by atoms with Crippen LogP contribution in [0.1, 0.15) is 5.82 Å². The van der Waals surface area contributed by atoms with Crippen molar-refractivity contribution in [3.8, 4) is 22.5 Å². The molecule has 0 saturated carbocycles. The number of H-pyrrole nitrogens is 1. The Labute approximate surface area is 163 Å². The quantitative estimate of drug-likeness (QED) is 0.511. The Kier molecular flexibility index (Phi) is 3.98. The molecule has 1 atom stereocenters. The van der Waals surface area contributed by atoms with Crippen molar-refractivity contribution in [1.82, 2.24) is 29.5 Å². The fourth-order valence-corrected chi connectivity index (χ4v) is 3.75. The van der Waals surface area contributed by atoms with E-state index in [-0.39, 0.29) is 5.75 Å². The maximum atomic E-state index is 11.8. The van der Waals surface area contributed by atoms with Crippen LogP contribution >= 0.6 is 0 Å². The second-order valence-electron chi connectivity index (χ2n) is 6.46. The summed E-state index contributed by atoms with van der Waals surface area (Å²) in [6, 6.07) is 18.3. The van der Waals surface area contributed by atoms with Gasteiger partial charge in [-0.05, 0) is 11.1 Å². The number of hydrogen-bond donors (Lipinski definition) is 1. The van der Waals surface area contributed by atoms with Gasteiger partial charge in [0.2, 0.25) is 0 Å². The summed E-state index contributed by atoms with van der Waals surface area (Å²) in [5, 5.41) is 4.63. The molecule has 8 heteroatoms. The van der Waals surface area contributed by atoms with Crippen molar-refractivity contribution in [3.05, 3.63) is 66.7 Å². The van der Waals surface area contributed by atoms with Gasteiger partial charge in [-0.3, -0.25) is 4.21 Å². The zero-order chi connectivity index (χ0) is 19.1. The molecule has 0 aliphatic carbocycles. The Hall–Kier alpha value is -3.39. The van der Waals surface area contributed by atoms with Crippen LogP contribution in [0.15, 0.2) is 60.9 Å². The number of nitrogens with one attached hydrogen (secondary N) is 1. The van der Waals surface area contributed by atoms with E-state index in [9.17, 15) is 4.21 Å². The van der Waals surface area contributed by atoms with Crippen molar-refractivity contribution in [2.45, 2.75) is 5.75 Å². The second-order valence-corrected chi connectivity index (χ2v) is 7.90. The van der Waals surface area contributed by atoms with Gasteiger partial charge in [0.25, 0.3) is 0 Å². The van der Waals surface area contributed by atoms with Crippen LogP contribution in [0.2, 0.25) is 0 Å². The molecule has 0 radical (unpaired) electrons. The molecule has 3 aromatic heterocycles. The van der Waals surface area contributed by atoms with E-state index in [0.717, 1.165) is 16.7 Å². The molecule has 0 saturated heterocycles. The molecule has 0 aliphatic rings. The maximum Gasteiger partial charge on any atom is 0.185 e. The Morgan fingerprint density at radius 2 is 1.68 bits per heavy atom. The van der Waals surface area contributed by atoms with Gasteiger partial charge in [-0.15, -0.1) is 5.10 Å². The van der Waals surface area contributed by atoms with Crippen LogP contribution in [-0.2, 0) is 16.6 Å². The lowest BCUT2D eigenvalue weighted by Gasteiger charge is -2.02. The van der Waals surface area contributed by atoms with E-state index >= 15 is 0 Å². The van der Waals surface area contributed by atoms with Gasteiger partial charge in [-0.1, -0.05) is 54.6 Å². The highest BCUT2D eigenvalue weighted by molar-refractivity contribution is 7.83. The summed E-state index contributed by atoms with van der Waals surface area (Å²) in [5.74, 6) is 1.46. The van der Waals surface area contributed by atoms with Crippen LogP contribution in [0.25, 0.3) is 39.3 Å². The first-order chi connectivity index (χ1) is 13.7. The molecule has 2 aromatic carbocycles. The summed E-state index contributed by atoms with van der Waals surface area (Å²) in [6.07, 6.45) is 3.22. The summed E-state index contributed by atoms with van der Waals surface area (Å²) < 4.78 is 13.4. The van der Waals surface area contributed by atoms with E-state index in [1.165, 1.54) is 0 Å². The standard InChI is InChI=1S/C20H16N6OS/c1-28(27)11-16-23-19-17(21-12-22-19)20-24-18(25-26(16)20)15-9-7-14(8-10-15)13-5-3-2-4-6-13/h2-10,12H,11H2,1H3,(H,21,22). The highest BCUT2D eigenvalue weighted by Gasteiger charge is 2.16. The molecule has 28 heavy (non-hydrogen) atoms. The third-order valence-corrected chi connectivity index (χ3v) is 5.18. The van der Waals surface area contributed by atoms with E-state index in [1.54, 1.807) is 17.1 Å². The molecular weight excluding hydrogens is 372 g/mol. The maximum absolute atomic E-state index is 11.8. The van der Waals surface area contributed by atoms with E-state index in [1.807, 2.05) is 30.3 Å². The largest absolute Gasteiger partial charge is 0.340 e. The molecule has 0 aliphatic heterocycles. The van der Waals surface area contributed by atoms with Gasteiger partial charge in [0, 0.05) is 22.6 Å². The summed E-state index contributed by atoms with van der Waals surface area (Å²) >= 11 is 0. The first kappa shape index (κ1) is 16.8. The number of nitrogens with zero attached hydrogens (tertiary/aromatic N) is 5. The van der Waals surface area contributed by atoms with Crippen molar-refractivity contribution in [2.75, 3.05) is 6.26 Å². The second kappa shape index (κ2) is 6.65. The Bertz CT molecular complexity index is 1310. The van der Waals surface area contributed by atoms with Gasteiger partial charge < -0.3 is 4.98 Å². The van der Waals surface area contributed by atoms with Crippen molar-refractivity contribution in [2.24, 2.45) is 0 Å². The fourth-order valence-electron chi connectivity index (χ4n) is 3.20. The number of imidazole rings is 1. The minimum Gasteiger partial charge on any atom is -0.340 e. The van der Waals surface area contributed by atoms with Crippen LogP contribution in [0.3, 0.4) is 0 Å². The average Bonchev–Trinajstić information content (AvgIpc) is 3.35. The van der Waals surface area contributed by atoms with E-state index in [2.05, 4.69) is 44.3 Å². The van der Waals surface area contributed by atoms with E-state index < -0.39 is 10.8 Å². The van der Waals surface area contributed by atoms with Crippen molar-refractivity contribution in [3.63, 3.8) is 0 Å². The van der Waals surface area contributed by atoms with Crippen LogP contribution in [-0.4, -0.2) is 40.0 Å². The topological polar surface area (TPSA) is 88.8 Å². The fraction of sp³-hybridized carbons (Fsp3) is 0.100. The summed E-state index contributed by atoms with van der Waals surface area (Å²) in [7, 11) is -1.05. The van der Waals surface area contributed by atoms with Gasteiger partial charge in [-0.25, -0.2) is 15.0 Å². The molecule has 5 aromatic rings. The Morgan fingerprint density at radius 1 is 0.964 bits per heavy atom. The van der Waals surface area contributed by atoms with Crippen molar-refractivity contribution >= 4 is 27.6 Å². The van der Waals surface area contributed by atoms with E-state index in [4.69, 9.17) is 4.98 Å². The number of rotatable bonds is 4. The number of benzene rings is 2. The number of fused-ring (bicyclic) bond motifs is 3. The van der Waals surface area contributed by atoms with Gasteiger partial charge >= 0.3 is 0 Å². The highest BCUT2D eigenvalue weighted by atomic mass is 32.2. The average molecular weight is 388 g/mol. The third-order valence-electron chi connectivity index (χ3n) is 4.51. The molecule has 3 heterocycles. The summed E-state index contributed by atoms with van der Waals surface area (Å²) in [6.45, 7) is 0. The summed E-state index contributed by atoms with van der Waals surface area (Å²) in [4.78, 5) is 16.5. The molecule has 0 spiro atoms. The van der Waals surface area contributed by atoms with Crippen molar-refractivity contribution < 1.29 is 4.21 Å². The third kappa shape index (κ3) is 2.87. The molecule has 7 nitrogen and oxygen atoms in total. The monoisotopic (exact) mass is 388 g/mol.